The minimum atomic E-state index is -1.29. The van der Waals surface area contributed by atoms with Crippen LogP contribution in [0.4, 0.5) is 10.7 Å². The Hall–Kier alpha value is -3.85. The van der Waals surface area contributed by atoms with E-state index in [4.69, 9.17) is 17.3 Å². The first-order valence-electron chi connectivity index (χ1n) is 9.58. The van der Waals surface area contributed by atoms with Gasteiger partial charge < -0.3 is 15.6 Å². The van der Waals surface area contributed by atoms with E-state index >= 15 is 0 Å². The largest absolute Gasteiger partial charge is 0.490 e. The number of rotatable bonds is 4. The van der Waals surface area contributed by atoms with Crippen LogP contribution in [0.25, 0.3) is 27.9 Å². The summed E-state index contributed by atoms with van der Waals surface area (Å²) in [5, 5.41) is 21.4. The highest BCUT2D eigenvalue weighted by molar-refractivity contribution is 6.35. The highest BCUT2D eigenvalue weighted by atomic mass is 35.5. The van der Waals surface area contributed by atoms with Gasteiger partial charge in [-0.1, -0.05) is 35.0 Å². The Morgan fingerprint density at radius 1 is 1.23 bits per heavy atom. The van der Waals surface area contributed by atoms with Crippen LogP contribution in [-0.2, 0) is 6.54 Å². The third-order valence-electron chi connectivity index (χ3n) is 5.19. The predicted octanol–water partition coefficient (Wildman–Crippen LogP) is 1.83. The number of hydrogen-bond acceptors (Lipinski definition) is 7. The average Bonchev–Trinajstić information content (AvgIpc) is 3.15. The van der Waals surface area contributed by atoms with Gasteiger partial charge in [0.05, 0.1) is 16.7 Å². The quantitative estimate of drug-likeness (QED) is 0.486. The summed E-state index contributed by atoms with van der Waals surface area (Å²) in [6, 6.07) is 10.7. The lowest BCUT2D eigenvalue weighted by atomic mass is 9.95. The van der Waals surface area contributed by atoms with Crippen LogP contribution in [0.5, 0.6) is 0 Å². The topological polar surface area (TPSA) is 127 Å². The molecule has 0 spiro atoms. The van der Waals surface area contributed by atoms with Crippen LogP contribution >= 0.6 is 11.6 Å². The molecule has 1 aromatic carbocycles. The molecule has 0 bridgehead atoms. The number of nitrogens with two attached hydrogens (primary N) is 1. The van der Waals surface area contributed by atoms with Gasteiger partial charge in [-0.25, -0.2) is 14.6 Å². The Bertz CT molecular complexity index is 1380. The number of fused-ring (bicyclic) bond motifs is 1. The highest BCUT2D eigenvalue weighted by Crippen LogP contribution is 2.29. The maximum Gasteiger partial charge on any atom is 0.344 e. The van der Waals surface area contributed by atoms with Crippen molar-refractivity contribution in [3.05, 3.63) is 65.1 Å². The molecule has 1 aliphatic carbocycles. The molecule has 0 radical (unpaired) electrons. The lowest BCUT2D eigenvalue weighted by Gasteiger charge is -2.14. The molecule has 0 atom stereocenters. The van der Waals surface area contributed by atoms with Crippen molar-refractivity contribution in [1.29, 1.82) is 0 Å². The molecule has 0 saturated heterocycles. The number of anilines is 1. The second-order valence-corrected chi connectivity index (χ2v) is 7.55. The zero-order valence-corrected chi connectivity index (χ0v) is 17.0. The van der Waals surface area contributed by atoms with Crippen LogP contribution in [0.1, 0.15) is 24.2 Å². The van der Waals surface area contributed by atoms with Crippen molar-refractivity contribution >= 4 is 40.1 Å². The van der Waals surface area contributed by atoms with Gasteiger partial charge >= 0.3 is 6.09 Å². The van der Waals surface area contributed by atoms with Crippen molar-refractivity contribution in [2.24, 2.45) is 0 Å². The third-order valence-corrected chi connectivity index (χ3v) is 5.49. The fourth-order valence-corrected chi connectivity index (χ4v) is 3.86. The number of benzene rings is 1. The van der Waals surface area contributed by atoms with Gasteiger partial charge in [0, 0.05) is 23.1 Å². The summed E-state index contributed by atoms with van der Waals surface area (Å²) >= 11 is 6.25. The van der Waals surface area contributed by atoms with E-state index in [9.17, 15) is 9.90 Å². The number of aromatic nitrogens is 6. The zero-order chi connectivity index (χ0) is 21.5. The van der Waals surface area contributed by atoms with Gasteiger partial charge in [-0.15, -0.1) is 9.67 Å². The molecule has 10 heteroatoms. The van der Waals surface area contributed by atoms with Crippen molar-refractivity contribution in [2.75, 3.05) is 5.73 Å². The van der Waals surface area contributed by atoms with Crippen molar-refractivity contribution in [3.63, 3.8) is 0 Å². The van der Waals surface area contributed by atoms with E-state index in [2.05, 4.69) is 20.3 Å². The summed E-state index contributed by atoms with van der Waals surface area (Å²) < 4.78 is 2.72. The van der Waals surface area contributed by atoms with Gasteiger partial charge in [0.15, 0.2) is 0 Å². The van der Waals surface area contributed by atoms with Crippen molar-refractivity contribution in [1.82, 2.24) is 25.0 Å². The molecule has 4 aromatic rings. The Labute approximate surface area is 181 Å². The Kier molecular flexibility index (Phi) is 4.59. The average molecular weight is 434 g/mol. The first kappa shape index (κ1) is 19.1. The summed E-state index contributed by atoms with van der Waals surface area (Å²) in [6.07, 6.45) is 4.19. The molecule has 31 heavy (non-hydrogen) atoms. The smallest absolute Gasteiger partial charge is 0.344 e. The molecule has 0 saturated carbocycles. The van der Waals surface area contributed by atoms with E-state index in [1.165, 1.54) is 9.25 Å². The Morgan fingerprint density at radius 3 is 2.77 bits per heavy atom. The van der Waals surface area contributed by atoms with E-state index in [0.29, 0.717) is 38.7 Å². The van der Waals surface area contributed by atoms with Gasteiger partial charge in [0.25, 0.3) is 0 Å². The van der Waals surface area contributed by atoms with Gasteiger partial charge in [0.1, 0.15) is 17.9 Å². The fraction of sp³-hybridized carbons (Fsp3) is 0.143. The highest BCUT2D eigenvalue weighted by Gasteiger charge is 2.25. The molecule has 2 N–H and O–H groups in total. The Morgan fingerprint density at radius 2 is 2.03 bits per heavy atom. The number of allylic oxidation sites excluding steroid dienone is 2. The molecule has 0 unspecified atom stereocenters. The molecule has 154 valence electrons. The van der Waals surface area contributed by atoms with Crippen LogP contribution in [0.15, 0.2) is 48.7 Å². The van der Waals surface area contributed by atoms with Crippen molar-refractivity contribution in [3.8, 4) is 11.4 Å². The first-order chi connectivity index (χ1) is 15.0. The molecule has 5 rings (SSSR count). The van der Waals surface area contributed by atoms with Gasteiger partial charge in [-0.3, -0.25) is 0 Å². The monoisotopic (exact) mass is 433 g/mol. The van der Waals surface area contributed by atoms with Crippen LogP contribution < -0.4 is 15.4 Å². The molecule has 0 aliphatic heterocycles. The molecule has 0 fully saturated rings. The fourth-order valence-electron chi connectivity index (χ4n) is 3.64. The maximum atomic E-state index is 11.9. The third kappa shape index (κ3) is 3.38. The van der Waals surface area contributed by atoms with Crippen LogP contribution in [-0.4, -0.2) is 31.1 Å². The van der Waals surface area contributed by atoms with Crippen molar-refractivity contribution < 1.29 is 14.5 Å². The van der Waals surface area contributed by atoms with E-state index in [-0.39, 0.29) is 12.5 Å². The number of nitrogens with zero attached hydrogens (tertiary/aromatic N) is 6. The molecule has 3 heterocycles. The molecule has 0 amide bonds. The SMILES string of the molecule is Nc1nc(-c2cn(Cc3cccc(C4=CCC4)[n+]3C(=O)[O-])nn2)c2cccc(Cl)c2n1. The number of hydrogen-bond donors (Lipinski definition) is 1. The Balaban J connectivity index is 1.55. The number of para-hydroxylation sites is 1. The number of carboxylic acid groups (broad SMARTS) is 1. The second-order valence-electron chi connectivity index (χ2n) is 7.14. The molecular formula is C21H16ClN7O2. The van der Waals surface area contributed by atoms with E-state index in [1.807, 2.05) is 18.2 Å². The van der Waals surface area contributed by atoms with E-state index in [1.54, 1.807) is 30.5 Å². The lowest BCUT2D eigenvalue weighted by molar-refractivity contribution is -0.640. The van der Waals surface area contributed by atoms with Gasteiger partial charge in [0.2, 0.25) is 17.3 Å². The summed E-state index contributed by atoms with van der Waals surface area (Å²) in [4.78, 5) is 20.4. The normalized spacial score (nSPS) is 13.1. The minimum absolute atomic E-state index is 0.0708. The number of carbonyl (C=O) groups excluding carboxylic acids is 1. The summed E-state index contributed by atoms with van der Waals surface area (Å²) in [5.74, 6) is 0.0708. The first-order valence-corrected chi connectivity index (χ1v) is 9.96. The van der Waals surface area contributed by atoms with Crippen LogP contribution in [0, 0.1) is 0 Å². The predicted molar refractivity (Wildman–Crippen MR) is 112 cm³/mol. The number of nitrogen functional groups attached to an aromatic ring is 1. The summed E-state index contributed by atoms with van der Waals surface area (Å²) in [6.45, 7) is 0.182. The molecule has 1 aliphatic rings. The van der Waals surface area contributed by atoms with E-state index < -0.39 is 6.09 Å². The summed E-state index contributed by atoms with van der Waals surface area (Å²) in [5.41, 5.74) is 9.48. The van der Waals surface area contributed by atoms with Crippen molar-refractivity contribution in [2.45, 2.75) is 19.4 Å². The molecule has 9 nitrogen and oxygen atoms in total. The number of halogens is 1. The zero-order valence-electron chi connectivity index (χ0n) is 16.2. The molecular weight excluding hydrogens is 418 g/mol. The maximum absolute atomic E-state index is 11.9. The second kappa shape index (κ2) is 7.44. The number of pyridine rings is 1. The van der Waals surface area contributed by atoms with Crippen LogP contribution in [0.2, 0.25) is 5.02 Å². The van der Waals surface area contributed by atoms with Gasteiger partial charge in [-0.05, 0) is 25.0 Å². The standard InChI is InChI=1S/C21H16ClN7O2/c22-15-8-3-7-14-18(15)24-20(23)25-19(14)16-11-28(27-26-16)10-13-6-2-9-17(12-4-1-5-12)29(13)21(30)31/h2-4,6-9,11H,1,5,10H2,(H2-,23,24,25,30,31). The summed E-state index contributed by atoms with van der Waals surface area (Å²) in [7, 11) is 0. The van der Waals surface area contributed by atoms with E-state index in [0.717, 1.165) is 18.4 Å². The van der Waals surface area contributed by atoms with Crippen LogP contribution in [0.3, 0.4) is 0 Å². The number of carbonyl (C=O) groups is 1. The molecule has 3 aromatic heterocycles. The minimum Gasteiger partial charge on any atom is -0.490 e. The lowest BCUT2D eigenvalue weighted by Crippen LogP contribution is -2.57. The van der Waals surface area contributed by atoms with Gasteiger partial charge in [-0.2, -0.15) is 0 Å².